The predicted molar refractivity (Wildman–Crippen MR) is 82.7 cm³/mol. The number of nitrogens with zero attached hydrogens (tertiary/aromatic N) is 1. The van der Waals surface area contributed by atoms with Crippen LogP contribution in [0.25, 0.3) is 0 Å². The van der Waals surface area contributed by atoms with Crippen LogP contribution in [-0.2, 0) is 0 Å². The van der Waals surface area contributed by atoms with Crippen LogP contribution in [0.3, 0.4) is 0 Å². The monoisotopic (exact) mass is 288 g/mol. The van der Waals surface area contributed by atoms with Crippen molar-refractivity contribution in [1.29, 1.82) is 0 Å². The minimum Gasteiger partial charge on any atom is -0.494 e. The van der Waals surface area contributed by atoms with Crippen LogP contribution >= 0.6 is 0 Å². The molecule has 2 aliphatic rings. The van der Waals surface area contributed by atoms with Crippen LogP contribution in [0.1, 0.15) is 36.5 Å². The molecule has 1 aromatic carbocycles. The van der Waals surface area contributed by atoms with Gasteiger partial charge in [-0.1, -0.05) is 13.0 Å². The summed E-state index contributed by atoms with van der Waals surface area (Å²) in [6.07, 6.45) is 3.29. The van der Waals surface area contributed by atoms with Crippen molar-refractivity contribution in [3.63, 3.8) is 0 Å². The zero-order valence-electron chi connectivity index (χ0n) is 12.7. The largest absolute Gasteiger partial charge is 0.494 e. The van der Waals surface area contributed by atoms with Crippen LogP contribution in [0.5, 0.6) is 5.75 Å². The third kappa shape index (κ3) is 3.05. The van der Waals surface area contributed by atoms with Crippen molar-refractivity contribution in [2.75, 3.05) is 32.8 Å². The minimum absolute atomic E-state index is 0.140. The van der Waals surface area contributed by atoms with E-state index >= 15 is 0 Å². The van der Waals surface area contributed by atoms with Crippen LogP contribution in [0.2, 0.25) is 0 Å². The summed E-state index contributed by atoms with van der Waals surface area (Å²) in [5.74, 6) is 0.930. The highest BCUT2D eigenvalue weighted by atomic mass is 16.5. The number of ether oxygens (including phenoxy) is 1. The maximum atomic E-state index is 12.7. The van der Waals surface area contributed by atoms with Gasteiger partial charge in [0.1, 0.15) is 5.75 Å². The van der Waals surface area contributed by atoms with Crippen LogP contribution in [0.4, 0.5) is 0 Å². The van der Waals surface area contributed by atoms with Crippen molar-refractivity contribution >= 4 is 5.91 Å². The summed E-state index contributed by atoms with van der Waals surface area (Å²) in [5.41, 5.74) is 1.07. The standard InChI is InChI=1S/C17H24N2O2/c1-2-10-21-15-5-3-4-14(11-15)16(20)19-9-7-17(13-19)6-8-18-12-17/h3-5,11,18H,2,6-10,12-13H2,1H3. The van der Waals surface area contributed by atoms with E-state index in [1.165, 1.54) is 6.42 Å². The second kappa shape index (κ2) is 6.06. The average Bonchev–Trinajstić information content (AvgIpc) is 3.15. The smallest absolute Gasteiger partial charge is 0.254 e. The third-order valence-electron chi connectivity index (χ3n) is 4.61. The lowest BCUT2D eigenvalue weighted by atomic mass is 9.86. The van der Waals surface area contributed by atoms with Gasteiger partial charge in [-0.3, -0.25) is 4.79 Å². The first-order valence-electron chi connectivity index (χ1n) is 7.95. The lowest BCUT2D eigenvalue weighted by molar-refractivity contribution is 0.0775. The van der Waals surface area contributed by atoms with Crippen molar-refractivity contribution in [2.45, 2.75) is 26.2 Å². The number of hydrogen-bond donors (Lipinski definition) is 1. The zero-order chi connectivity index (χ0) is 14.7. The number of rotatable bonds is 4. The molecule has 0 saturated carbocycles. The van der Waals surface area contributed by atoms with Crippen molar-refractivity contribution in [3.05, 3.63) is 29.8 Å². The van der Waals surface area contributed by atoms with E-state index in [0.29, 0.717) is 12.0 Å². The Morgan fingerprint density at radius 1 is 1.43 bits per heavy atom. The third-order valence-corrected chi connectivity index (χ3v) is 4.61. The summed E-state index contributed by atoms with van der Waals surface area (Å²) in [6.45, 7) is 6.67. The second-order valence-electron chi connectivity index (χ2n) is 6.28. The number of hydrogen-bond acceptors (Lipinski definition) is 3. The van der Waals surface area contributed by atoms with Crippen molar-refractivity contribution in [2.24, 2.45) is 5.41 Å². The fourth-order valence-corrected chi connectivity index (χ4v) is 3.37. The maximum absolute atomic E-state index is 12.7. The molecular weight excluding hydrogens is 264 g/mol. The van der Waals surface area contributed by atoms with Gasteiger partial charge >= 0.3 is 0 Å². The first kappa shape index (κ1) is 14.4. The molecule has 1 atom stereocenters. The fourth-order valence-electron chi connectivity index (χ4n) is 3.37. The highest BCUT2D eigenvalue weighted by Gasteiger charge is 2.41. The van der Waals surface area contributed by atoms with Crippen molar-refractivity contribution in [1.82, 2.24) is 10.2 Å². The molecule has 0 bridgehead atoms. The molecule has 21 heavy (non-hydrogen) atoms. The number of amides is 1. The molecule has 0 radical (unpaired) electrons. The topological polar surface area (TPSA) is 41.6 Å². The summed E-state index contributed by atoms with van der Waals surface area (Å²) < 4.78 is 5.62. The molecule has 114 valence electrons. The Balaban J connectivity index is 1.68. The van der Waals surface area contributed by atoms with Gasteiger partial charge in [0.25, 0.3) is 5.91 Å². The molecule has 1 amide bonds. The van der Waals surface area contributed by atoms with Gasteiger partial charge < -0.3 is 15.0 Å². The first-order chi connectivity index (χ1) is 10.2. The Labute approximate surface area is 126 Å². The molecule has 3 rings (SSSR count). The summed E-state index contributed by atoms with van der Waals surface area (Å²) in [6, 6.07) is 7.58. The molecule has 2 saturated heterocycles. The van der Waals surface area contributed by atoms with Gasteiger partial charge in [-0.25, -0.2) is 0 Å². The van der Waals surface area contributed by atoms with Crippen LogP contribution in [0, 0.1) is 5.41 Å². The van der Waals surface area contributed by atoms with E-state index in [4.69, 9.17) is 4.74 Å². The summed E-state index contributed by atoms with van der Waals surface area (Å²) in [4.78, 5) is 14.7. The van der Waals surface area contributed by atoms with Gasteiger partial charge in [-0.05, 0) is 44.0 Å². The molecule has 2 heterocycles. The number of nitrogens with one attached hydrogen (secondary N) is 1. The zero-order valence-corrected chi connectivity index (χ0v) is 12.7. The molecule has 4 nitrogen and oxygen atoms in total. The number of benzene rings is 1. The Hall–Kier alpha value is -1.55. The van der Waals surface area contributed by atoms with E-state index in [2.05, 4.69) is 12.2 Å². The quantitative estimate of drug-likeness (QED) is 0.924. The molecule has 0 aromatic heterocycles. The molecule has 0 aliphatic carbocycles. The number of carbonyl (C=O) groups excluding carboxylic acids is 1. The average molecular weight is 288 g/mol. The van der Waals surface area contributed by atoms with Gasteiger partial charge in [0.15, 0.2) is 0 Å². The second-order valence-corrected chi connectivity index (χ2v) is 6.28. The predicted octanol–water partition coefficient (Wildman–Crippen LogP) is 2.30. The maximum Gasteiger partial charge on any atom is 0.254 e. The molecule has 1 N–H and O–H groups in total. The summed E-state index contributed by atoms with van der Waals surface area (Å²) in [5, 5.41) is 3.43. The fraction of sp³-hybridized carbons (Fsp3) is 0.588. The molecule has 2 fully saturated rings. The Bertz CT molecular complexity index is 509. The first-order valence-corrected chi connectivity index (χ1v) is 7.95. The molecule has 2 aliphatic heterocycles. The van der Waals surface area contributed by atoms with Crippen molar-refractivity contribution < 1.29 is 9.53 Å². The molecular formula is C17H24N2O2. The summed E-state index contributed by atoms with van der Waals surface area (Å²) in [7, 11) is 0. The Morgan fingerprint density at radius 3 is 3.10 bits per heavy atom. The SMILES string of the molecule is CCCOc1cccc(C(=O)N2CCC3(CCNC3)C2)c1. The van der Waals surface area contributed by atoms with E-state index in [9.17, 15) is 4.79 Å². The highest BCUT2D eigenvalue weighted by Crippen LogP contribution is 2.36. The Morgan fingerprint density at radius 2 is 2.33 bits per heavy atom. The van der Waals surface area contributed by atoms with Crippen LogP contribution in [0.15, 0.2) is 24.3 Å². The summed E-state index contributed by atoms with van der Waals surface area (Å²) >= 11 is 0. The van der Waals surface area contributed by atoms with Gasteiger partial charge in [0, 0.05) is 30.6 Å². The number of carbonyl (C=O) groups is 1. The van der Waals surface area contributed by atoms with Gasteiger partial charge in [0.2, 0.25) is 0 Å². The van der Waals surface area contributed by atoms with E-state index in [-0.39, 0.29) is 5.91 Å². The highest BCUT2D eigenvalue weighted by molar-refractivity contribution is 5.94. The molecule has 1 spiro atoms. The van der Waals surface area contributed by atoms with Crippen LogP contribution < -0.4 is 10.1 Å². The minimum atomic E-state index is 0.140. The normalized spacial score (nSPS) is 24.7. The van der Waals surface area contributed by atoms with Crippen molar-refractivity contribution in [3.8, 4) is 5.75 Å². The molecule has 4 heteroatoms. The van der Waals surface area contributed by atoms with Gasteiger partial charge in [0.05, 0.1) is 6.61 Å². The van der Waals surface area contributed by atoms with E-state index in [1.54, 1.807) is 0 Å². The molecule has 1 unspecified atom stereocenters. The van der Waals surface area contributed by atoms with Gasteiger partial charge in [-0.2, -0.15) is 0 Å². The van der Waals surface area contributed by atoms with Crippen LogP contribution in [-0.4, -0.2) is 43.6 Å². The van der Waals surface area contributed by atoms with E-state index in [1.807, 2.05) is 29.2 Å². The van der Waals surface area contributed by atoms with Gasteiger partial charge in [-0.15, -0.1) is 0 Å². The number of likely N-dealkylation sites (tertiary alicyclic amines) is 1. The Kier molecular flexibility index (Phi) is 4.15. The lowest BCUT2D eigenvalue weighted by Crippen LogP contribution is -2.33. The molecule has 1 aromatic rings. The van der Waals surface area contributed by atoms with E-state index < -0.39 is 0 Å². The lowest BCUT2D eigenvalue weighted by Gasteiger charge is -2.23. The van der Waals surface area contributed by atoms with E-state index in [0.717, 1.165) is 50.3 Å².